The molecule has 0 bridgehead atoms. The molecule has 23 heavy (non-hydrogen) atoms. The van der Waals surface area contributed by atoms with Crippen molar-refractivity contribution < 1.29 is 4.79 Å². The molecule has 0 radical (unpaired) electrons. The zero-order valence-corrected chi connectivity index (χ0v) is 14.1. The number of hydrogen-bond donors (Lipinski definition) is 0. The van der Waals surface area contributed by atoms with Crippen LogP contribution >= 0.6 is 11.3 Å². The Balaban J connectivity index is 1.50. The second kappa shape index (κ2) is 6.00. The smallest absolute Gasteiger partial charge is 0.272 e. The fourth-order valence-electron chi connectivity index (χ4n) is 3.12. The van der Waals surface area contributed by atoms with Crippen molar-refractivity contribution in [1.82, 2.24) is 19.9 Å². The van der Waals surface area contributed by atoms with Gasteiger partial charge in [0.1, 0.15) is 11.5 Å². The highest BCUT2D eigenvalue weighted by atomic mass is 32.1. The minimum absolute atomic E-state index is 0.0345. The summed E-state index contributed by atoms with van der Waals surface area (Å²) in [5.74, 6) is 1.69. The molecule has 6 heteroatoms. The van der Waals surface area contributed by atoms with E-state index in [1.807, 2.05) is 11.8 Å². The van der Waals surface area contributed by atoms with Crippen molar-refractivity contribution in [2.24, 2.45) is 0 Å². The first kappa shape index (κ1) is 14.8. The molecule has 1 amide bonds. The van der Waals surface area contributed by atoms with Gasteiger partial charge in [-0.2, -0.15) is 0 Å². The number of piperidine rings is 1. The molecule has 1 atom stereocenters. The third kappa shape index (κ3) is 3.13. The molecule has 120 valence electrons. The maximum atomic E-state index is 12.8. The van der Waals surface area contributed by atoms with Crippen LogP contribution in [0.3, 0.4) is 0 Å². The van der Waals surface area contributed by atoms with Crippen LogP contribution in [-0.4, -0.2) is 38.8 Å². The van der Waals surface area contributed by atoms with E-state index >= 15 is 0 Å². The van der Waals surface area contributed by atoms with Crippen molar-refractivity contribution >= 4 is 17.2 Å². The van der Waals surface area contributed by atoms with Crippen molar-refractivity contribution in [2.45, 2.75) is 44.4 Å². The van der Waals surface area contributed by atoms with Crippen molar-refractivity contribution in [3.63, 3.8) is 0 Å². The zero-order chi connectivity index (χ0) is 15.8. The predicted octanol–water partition coefficient (Wildman–Crippen LogP) is 3.14. The lowest BCUT2D eigenvalue weighted by Crippen LogP contribution is -2.39. The maximum Gasteiger partial charge on any atom is 0.272 e. The Bertz CT molecular complexity index is 725. The van der Waals surface area contributed by atoms with Gasteiger partial charge in [-0.3, -0.25) is 4.79 Å². The Morgan fingerprint density at radius 2 is 2.13 bits per heavy atom. The predicted molar refractivity (Wildman–Crippen MR) is 88.7 cm³/mol. The van der Waals surface area contributed by atoms with Crippen LogP contribution in [0, 0.1) is 6.92 Å². The number of hydrogen-bond acceptors (Lipinski definition) is 5. The number of rotatable bonds is 3. The van der Waals surface area contributed by atoms with Gasteiger partial charge in [-0.1, -0.05) is 0 Å². The number of carbonyl (C=O) groups excluding carboxylic acids is 1. The van der Waals surface area contributed by atoms with Crippen molar-refractivity contribution in [1.29, 1.82) is 0 Å². The molecule has 0 N–H and O–H groups in total. The van der Waals surface area contributed by atoms with E-state index in [4.69, 9.17) is 0 Å². The first-order chi connectivity index (χ1) is 11.2. The molecular formula is C17H20N4OS. The lowest BCUT2D eigenvalue weighted by atomic mass is 9.98. The first-order valence-electron chi connectivity index (χ1n) is 8.25. The van der Waals surface area contributed by atoms with E-state index in [1.54, 1.807) is 23.6 Å². The first-order valence-corrected chi connectivity index (χ1v) is 9.13. The van der Waals surface area contributed by atoms with Crippen LogP contribution in [0.5, 0.6) is 0 Å². The molecule has 2 fully saturated rings. The Hall–Kier alpha value is -1.82. The van der Waals surface area contributed by atoms with Crippen molar-refractivity contribution in [3.05, 3.63) is 39.9 Å². The SMILES string of the molecule is Cc1csc([C@@H]2CCCN(C(=O)c3ccnc(C4CC4)n3)C2)n1. The molecule has 2 aromatic heterocycles. The number of aromatic nitrogens is 3. The third-order valence-corrected chi connectivity index (χ3v) is 5.66. The lowest BCUT2D eigenvalue weighted by molar-refractivity contribution is 0.0700. The monoisotopic (exact) mass is 328 g/mol. The fraction of sp³-hybridized carbons (Fsp3) is 0.529. The summed E-state index contributed by atoms with van der Waals surface area (Å²) in [6, 6.07) is 1.74. The van der Waals surface area contributed by atoms with E-state index in [0.717, 1.165) is 55.3 Å². The number of amides is 1. The quantitative estimate of drug-likeness (QED) is 0.868. The number of aryl methyl sites for hydroxylation is 1. The minimum Gasteiger partial charge on any atom is -0.337 e. The van der Waals surface area contributed by atoms with E-state index in [-0.39, 0.29) is 5.91 Å². The number of thiazole rings is 1. The Morgan fingerprint density at radius 3 is 2.87 bits per heavy atom. The Morgan fingerprint density at radius 1 is 1.26 bits per heavy atom. The topological polar surface area (TPSA) is 59.0 Å². The van der Waals surface area contributed by atoms with E-state index < -0.39 is 0 Å². The number of carbonyl (C=O) groups is 1. The van der Waals surface area contributed by atoms with E-state index in [9.17, 15) is 4.79 Å². The lowest BCUT2D eigenvalue weighted by Gasteiger charge is -2.31. The van der Waals surface area contributed by atoms with Gasteiger partial charge < -0.3 is 4.90 Å². The van der Waals surface area contributed by atoms with Crippen LogP contribution in [0.15, 0.2) is 17.6 Å². The van der Waals surface area contributed by atoms with Crippen molar-refractivity contribution in [2.75, 3.05) is 13.1 Å². The molecule has 1 aliphatic carbocycles. The zero-order valence-electron chi connectivity index (χ0n) is 13.2. The van der Waals surface area contributed by atoms with E-state index in [1.165, 1.54) is 0 Å². The van der Waals surface area contributed by atoms with Gasteiger partial charge in [0.15, 0.2) is 0 Å². The summed E-state index contributed by atoms with van der Waals surface area (Å²) in [4.78, 5) is 28.1. The second-order valence-corrected chi connectivity index (χ2v) is 7.38. The van der Waals surface area contributed by atoms with Gasteiger partial charge in [0.25, 0.3) is 5.91 Å². The fourth-order valence-corrected chi connectivity index (χ4v) is 4.04. The van der Waals surface area contributed by atoms with Gasteiger partial charge in [0.2, 0.25) is 0 Å². The molecule has 3 heterocycles. The van der Waals surface area contributed by atoms with Gasteiger partial charge in [-0.05, 0) is 38.7 Å². The van der Waals surface area contributed by atoms with Crippen LogP contribution in [0.1, 0.15) is 64.5 Å². The van der Waals surface area contributed by atoms with Crippen LogP contribution in [0.25, 0.3) is 0 Å². The molecule has 2 aromatic rings. The summed E-state index contributed by atoms with van der Waals surface area (Å²) < 4.78 is 0. The highest BCUT2D eigenvalue weighted by Crippen LogP contribution is 2.37. The van der Waals surface area contributed by atoms with Crippen LogP contribution in [0.2, 0.25) is 0 Å². The largest absolute Gasteiger partial charge is 0.337 e. The van der Waals surface area contributed by atoms with E-state index in [0.29, 0.717) is 17.5 Å². The van der Waals surface area contributed by atoms with Crippen LogP contribution < -0.4 is 0 Å². The second-order valence-electron chi connectivity index (χ2n) is 6.49. The van der Waals surface area contributed by atoms with Gasteiger partial charge in [0.05, 0.1) is 5.01 Å². The molecule has 1 saturated carbocycles. The summed E-state index contributed by atoms with van der Waals surface area (Å²) in [6.45, 7) is 3.57. The third-order valence-electron chi connectivity index (χ3n) is 4.53. The highest BCUT2D eigenvalue weighted by molar-refractivity contribution is 7.09. The molecule has 4 rings (SSSR count). The minimum atomic E-state index is 0.0345. The molecule has 0 unspecified atom stereocenters. The maximum absolute atomic E-state index is 12.8. The van der Waals surface area contributed by atoms with Crippen LogP contribution in [-0.2, 0) is 0 Å². The molecule has 5 nitrogen and oxygen atoms in total. The average Bonchev–Trinajstić information content (AvgIpc) is 3.36. The Labute approximate surface area is 139 Å². The molecule has 2 aliphatic rings. The highest BCUT2D eigenvalue weighted by Gasteiger charge is 2.30. The van der Waals surface area contributed by atoms with Crippen LogP contribution in [0.4, 0.5) is 0 Å². The van der Waals surface area contributed by atoms with E-state index in [2.05, 4.69) is 20.3 Å². The summed E-state index contributed by atoms with van der Waals surface area (Å²) in [5, 5.41) is 3.24. The van der Waals surface area contributed by atoms with Gasteiger partial charge in [0, 0.05) is 42.2 Å². The van der Waals surface area contributed by atoms with Gasteiger partial charge in [-0.25, -0.2) is 15.0 Å². The molecule has 0 aromatic carbocycles. The Kier molecular flexibility index (Phi) is 3.85. The van der Waals surface area contributed by atoms with Gasteiger partial charge in [-0.15, -0.1) is 11.3 Å². The summed E-state index contributed by atoms with van der Waals surface area (Å²) in [5.41, 5.74) is 1.61. The standard InChI is InChI=1S/C17H20N4OS/c1-11-10-23-16(19-11)13-3-2-8-21(9-13)17(22)14-6-7-18-15(20-14)12-4-5-12/h6-7,10,12-13H,2-5,8-9H2,1H3/t13-/m1/s1. The summed E-state index contributed by atoms with van der Waals surface area (Å²) >= 11 is 1.71. The van der Waals surface area contributed by atoms with Crippen molar-refractivity contribution in [3.8, 4) is 0 Å². The normalized spacial score (nSPS) is 21.4. The average molecular weight is 328 g/mol. The molecular weight excluding hydrogens is 308 g/mol. The molecule has 1 saturated heterocycles. The number of nitrogens with zero attached hydrogens (tertiary/aromatic N) is 4. The summed E-state index contributed by atoms with van der Waals surface area (Å²) in [7, 11) is 0. The number of likely N-dealkylation sites (tertiary alicyclic amines) is 1. The molecule has 1 aliphatic heterocycles. The summed E-state index contributed by atoms with van der Waals surface area (Å²) in [6.07, 6.45) is 6.14. The van der Waals surface area contributed by atoms with Gasteiger partial charge >= 0.3 is 0 Å². The molecule has 0 spiro atoms.